The molecule has 0 unspecified atom stereocenters. The molecule has 1 saturated heterocycles. The SMILES string of the molecule is C#CC[C@H](N=C(SC)SC)C(=O)N1[C@H](COCOC)CC[C@H]1COCOC. The lowest BCUT2D eigenvalue weighted by Crippen LogP contribution is -2.49. The predicted octanol–water partition coefficient (Wildman–Crippen LogP) is 2.06. The Morgan fingerprint density at radius 1 is 1.15 bits per heavy atom. The fraction of sp³-hybridized carbons (Fsp3) is 0.778. The van der Waals surface area contributed by atoms with Crippen LogP contribution in [0.3, 0.4) is 0 Å². The Kier molecular flexibility index (Phi) is 12.8. The van der Waals surface area contributed by atoms with Crippen molar-refractivity contribution in [1.82, 2.24) is 4.90 Å². The zero-order valence-corrected chi connectivity index (χ0v) is 18.1. The summed E-state index contributed by atoms with van der Waals surface area (Å²) in [5, 5.41) is 0. The first kappa shape index (κ1) is 24.3. The molecule has 1 aliphatic heterocycles. The van der Waals surface area contributed by atoms with Crippen molar-refractivity contribution in [3.05, 3.63) is 0 Å². The minimum atomic E-state index is -0.599. The molecule has 7 nitrogen and oxygen atoms in total. The van der Waals surface area contributed by atoms with Crippen molar-refractivity contribution in [3.8, 4) is 12.3 Å². The standard InChI is InChI=1S/C18H30N2O5S2/c1-6-7-16(19-18(26-4)27-5)17(21)20-14(10-24-12-22-2)8-9-15(20)11-25-13-23-3/h1,14-16H,7-13H2,2-5H3/t14-,15-,16-/m0/s1. The predicted molar refractivity (Wildman–Crippen MR) is 111 cm³/mol. The van der Waals surface area contributed by atoms with Crippen LogP contribution in [-0.4, -0.2) is 86.8 Å². The van der Waals surface area contributed by atoms with E-state index >= 15 is 0 Å². The summed E-state index contributed by atoms with van der Waals surface area (Å²) in [4.78, 5) is 19.7. The third-order valence-electron chi connectivity index (χ3n) is 4.10. The van der Waals surface area contributed by atoms with Crippen LogP contribution in [-0.2, 0) is 23.7 Å². The number of hydrogen-bond acceptors (Lipinski definition) is 8. The maximum Gasteiger partial charge on any atom is 0.249 e. The number of nitrogens with zero attached hydrogens (tertiary/aromatic N) is 2. The molecular weight excluding hydrogens is 388 g/mol. The number of methoxy groups -OCH3 is 2. The van der Waals surface area contributed by atoms with E-state index in [1.165, 1.54) is 23.5 Å². The number of ether oxygens (including phenoxy) is 4. The van der Waals surface area contributed by atoms with Crippen LogP contribution in [0.15, 0.2) is 4.99 Å². The van der Waals surface area contributed by atoms with Crippen LogP contribution in [0.5, 0.6) is 0 Å². The number of hydrogen-bond donors (Lipinski definition) is 0. The Bertz CT molecular complexity index is 488. The highest BCUT2D eigenvalue weighted by Gasteiger charge is 2.39. The van der Waals surface area contributed by atoms with Gasteiger partial charge in [0.2, 0.25) is 5.91 Å². The van der Waals surface area contributed by atoms with Crippen molar-refractivity contribution >= 4 is 33.8 Å². The molecule has 0 N–H and O–H groups in total. The van der Waals surface area contributed by atoms with Crippen LogP contribution >= 0.6 is 23.5 Å². The highest BCUT2D eigenvalue weighted by Crippen LogP contribution is 2.27. The minimum Gasteiger partial charge on any atom is -0.359 e. The molecule has 1 heterocycles. The molecule has 3 atom stereocenters. The van der Waals surface area contributed by atoms with Crippen LogP contribution in [0.4, 0.5) is 0 Å². The highest BCUT2D eigenvalue weighted by molar-refractivity contribution is 8.38. The van der Waals surface area contributed by atoms with Crippen molar-refractivity contribution in [2.45, 2.75) is 37.4 Å². The van der Waals surface area contributed by atoms with Crippen molar-refractivity contribution in [1.29, 1.82) is 0 Å². The molecule has 0 saturated carbocycles. The molecule has 1 aliphatic rings. The Morgan fingerprint density at radius 3 is 2.07 bits per heavy atom. The summed E-state index contributed by atoms with van der Waals surface area (Å²) in [5.74, 6) is 2.50. The first-order valence-corrected chi connectivity index (χ1v) is 11.1. The quantitative estimate of drug-likeness (QED) is 0.167. The zero-order valence-electron chi connectivity index (χ0n) is 16.5. The second kappa shape index (κ2) is 14.3. The Hall–Kier alpha value is -0.760. The van der Waals surface area contributed by atoms with E-state index in [-0.39, 0.29) is 38.0 Å². The second-order valence-electron chi connectivity index (χ2n) is 5.91. The molecule has 1 fully saturated rings. The van der Waals surface area contributed by atoms with Crippen molar-refractivity contribution in [2.24, 2.45) is 4.99 Å². The third-order valence-corrected chi connectivity index (χ3v) is 6.01. The van der Waals surface area contributed by atoms with Gasteiger partial charge in [-0.05, 0) is 25.4 Å². The van der Waals surface area contributed by atoms with E-state index in [4.69, 9.17) is 25.4 Å². The minimum absolute atomic E-state index is 0.0497. The summed E-state index contributed by atoms with van der Waals surface area (Å²) >= 11 is 3.02. The number of rotatable bonds is 11. The molecule has 0 bridgehead atoms. The van der Waals surface area contributed by atoms with Crippen molar-refractivity contribution in [3.63, 3.8) is 0 Å². The van der Waals surface area contributed by atoms with Gasteiger partial charge in [-0.15, -0.1) is 35.9 Å². The molecule has 0 aromatic rings. The van der Waals surface area contributed by atoms with Crippen LogP contribution < -0.4 is 0 Å². The topological polar surface area (TPSA) is 69.6 Å². The summed E-state index contributed by atoms with van der Waals surface area (Å²) in [7, 11) is 3.14. The van der Waals surface area contributed by atoms with Crippen LogP contribution in [0.1, 0.15) is 19.3 Å². The van der Waals surface area contributed by atoms with Crippen LogP contribution in [0, 0.1) is 12.3 Å². The van der Waals surface area contributed by atoms with E-state index < -0.39 is 6.04 Å². The zero-order chi connectivity index (χ0) is 20.1. The Labute approximate surface area is 170 Å². The summed E-state index contributed by atoms with van der Waals surface area (Å²) in [5.41, 5.74) is 0. The number of carbonyl (C=O) groups is 1. The van der Waals surface area contributed by atoms with Gasteiger partial charge in [-0.3, -0.25) is 9.79 Å². The Morgan fingerprint density at radius 2 is 1.67 bits per heavy atom. The molecule has 1 amide bonds. The normalized spacial score (nSPS) is 20.3. The van der Waals surface area contributed by atoms with Gasteiger partial charge in [0.1, 0.15) is 24.0 Å². The van der Waals surface area contributed by atoms with Crippen molar-refractivity contribution in [2.75, 3.05) is 53.5 Å². The van der Waals surface area contributed by atoms with Gasteiger partial charge < -0.3 is 23.8 Å². The number of aliphatic imine (C=N–C) groups is 1. The number of likely N-dealkylation sites (tertiary alicyclic amines) is 1. The summed E-state index contributed by atoms with van der Waals surface area (Å²) in [6, 6.07) is -0.699. The molecule has 0 aliphatic carbocycles. The van der Waals surface area contributed by atoms with Gasteiger partial charge in [-0.2, -0.15) is 0 Å². The molecule has 154 valence electrons. The summed E-state index contributed by atoms with van der Waals surface area (Å²) in [6.45, 7) is 1.20. The summed E-state index contributed by atoms with van der Waals surface area (Å²) in [6.07, 6.45) is 11.3. The van der Waals surface area contributed by atoms with E-state index in [2.05, 4.69) is 10.9 Å². The molecule has 27 heavy (non-hydrogen) atoms. The van der Waals surface area contributed by atoms with E-state index in [1.54, 1.807) is 14.2 Å². The smallest absolute Gasteiger partial charge is 0.249 e. The lowest BCUT2D eigenvalue weighted by atomic mass is 10.1. The van der Waals surface area contributed by atoms with Crippen molar-refractivity contribution < 1.29 is 23.7 Å². The average Bonchev–Trinajstić information content (AvgIpc) is 3.07. The van der Waals surface area contributed by atoms with Gasteiger partial charge in [0.05, 0.1) is 25.3 Å². The van der Waals surface area contributed by atoms with E-state index in [0.717, 1.165) is 17.2 Å². The van der Waals surface area contributed by atoms with Crippen LogP contribution in [0.2, 0.25) is 0 Å². The number of thioether (sulfide) groups is 2. The molecule has 1 rings (SSSR count). The summed E-state index contributed by atoms with van der Waals surface area (Å²) < 4.78 is 21.8. The lowest BCUT2D eigenvalue weighted by molar-refractivity contribution is -0.140. The van der Waals surface area contributed by atoms with Gasteiger partial charge in [-0.25, -0.2) is 0 Å². The first-order valence-electron chi connectivity index (χ1n) is 8.67. The third kappa shape index (κ3) is 8.02. The maximum atomic E-state index is 13.3. The fourth-order valence-electron chi connectivity index (χ4n) is 2.97. The van der Waals surface area contributed by atoms with Gasteiger partial charge in [0, 0.05) is 20.6 Å². The van der Waals surface area contributed by atoms with Gasteiger partial charge in [-0.1, -0.05) is 0 Å². The maximum absolute atomic E-state index is 13.3. The molecule has 0 radical (unpaired) electrons. The van der Waals surface area contributed by atoms with Crippen LogP contribution in [0.25, 0.3) is 0 Å². The largest absolute Gasteiger partial charge is 0.359 e. The molecule has 0 aromatic carbocycles. The van der Waals surface area contributed by atoms with Gasteiger partial charge in [0.15, 0.2) is 0 Å². The van der Waals surface area contributed by atoms with E-state index in [0.29, 0.717) is 13.2 Å². The number of amides is 1. The molecule has 9 heteroatoms. The Balaban J connectivity index is 2.97. The number of carbonyl (C=O) groups excluding carboxylic acids is 1. The van der Waals surface area contributed by atoms with E-state index in [9.17, 15) is 4.79 Å². The molecule has 0 spiro atoms. The highest BCUT2D eigenvalue weighted by atomic mass is 32.2. The first-order chi connectivity index (χ1) is 13.1. The molecule has 0 aromatic heterocycles. The van der Waals surface area contributed by atoms with E-state index in [1.807, 2.05) is 17.4 Å². The second-order valence-corrected chi connectivity index (χ2v) is 7.76. The van der Waals surface area contributed by atoms with Gasteiger partial charge in [0.25, 0.3) is 0 Å². The monoisotopic (exact) mass is 418 g/mol. The number of terminal acetylenes is 1. The molecular formula is C18H30N2O5S2. The van der Waals surface area contributed by atoms with Gasteiger partial charge >= 0.3 is 0 Å². The fourth-order valence-corrected chi connectivity index (χ4v) is 4.10. The average molecular weight is 419 g/mol. The lowest BCUT2D eigenvalue weighted by Gasteiger charge is -2.32.